The molecule has 0 aliphatic heterocycles. The van der Waals surface area contributed by atoms with E-state index in [0.29, 0.717) is 0 Å². The molecule has 0 saturated carbocycles. The van der Waals surface area contributed by atoms with Crippen molar-refractivity contribution in [3.63, 3.8) is 0 Å². The van der Waals surface area contributed by atoms with E-state index in [4.69, 9.17) is 0 Å². The normalized spacial score (nSPS) is 12.5. The third kappa shape index (κ3) is 9.20. The molecule has 0 unspecified atom stereocenters. The van der Waals surface area contributed by atoms with Gasteiger partial charge in [0.1, 0.15) is 0 Å². The first-order valence-electron chi connectivity index (χ1n) is 3.48. The number of hydrogen-bond donors (Lipinski definition) is 0. The predicted octanol–water partition coefficient (Wildman–Crippen LogP) is 3.87. The molecule has 0 radical (unpaired) electrons. The summed E-state index contributed by atoms with van der Waals surface area (Å²) >= 11 is 1.89. The van der Waals surface area contributed by atoms with Crippen molar-refractivity contribution in [3.05, 3.63) is 10.2 Å². The Hall–Kier alpha value is 1.20. The number of halogens is 2. The van der Waals surface area contributed by atoms with E-state index in [9.17, 15) is 0 Å². The molecule has 0 rings (SSSR count). The van der Waals surface area contributed by atoms with E-state index in [1.807, 2.05) is 0 Å². The fraction of sp³-hybridized carbons (Fsp3) is 0.750. The number of allylic oxidation sites excluding steroid dienone is 1. The Bertz CT molecular complexity index is 87.3. The number of alkyl halides is 3. The zero-order chi connectivity index (χ0) is 7.82. The third-order valence-electron chi connectivity index (χ3n) is 1.10. The van der Waals surface area contributed by atoms with E-state index in [1.54, 1.807) is 0 Å². The van der Waals surface area contributed by atoms with Gasteiger partial charge in [0.2, 0.25) is 0 Å². The van der Waals surface area contributed by atoms with Crippen molar-refractivity contribution in [1.82, 2.24) is 0 Å². The SMILES string of the molecule is CI(C)/C=C/CCCCI. The van der Waals surface area contributed by atoms with E-state index in [0.717, 1.165) is 0 Å². The second-order valence-corrected chi connectivity index (χ2v) is 8.81. The maximum atomic E-state index is 2.44. The summed E-state index contributed by atoms with van der Waals surface area (Å²) < 4.78 is 3.75. The molecule has 0 nitrogen and oxygen atoms in total. The van der Waals surface area contributed by atoms with E-state index < -0.39 is 19.8 Å². The van der Waals surface area contributed by atoms with Crippen LogP contribution in [0.5, 0.6) is 0 Å². The zero-order valence-electron chi connectivity index (χ0n) is 6.74. The molecule has 0 aromatic rings. The molecule has 62 valence electrons. The molecule has 0 atom stereocenters. The van der Waals surface area contributed by atoms with Crippen LogP contribution in [0, 0.1) is 0 Å². The van der Waals surface area contributed by atoms with Gasteiger partial charge in [0, 0.05) is 0 Å². The van der Waals surface area contributed by atoms with Crippen LogP contribution in [0.4, 0.5) is 0 Å². The van der Waals surface area contributed by atoms with Gasteiger partial charge in [-0.2, -0.15) is 0 Å². The summed E-state index contributed by atoms with van der Waals surface area (Å²) in [5.41, 5.74) is 0. The first-order chi connectivity index (χ1) is 4.77. The molecule has 0 saturated heterocycles. The average Bonchev–Trinajstić information content (AvgIpc) is 1.87. The van der Waals surface area contributed by atoms with Crippen LogP contribution in [0.25, 0.3) is 0 Å². The van der Waals surface area contributed by atoms with Crippen molar-refractivity contribution in [3.8, 4) is 0 Å². The van der Waals surface area contributed by atoms with Gasteiger partial charge >= 0.3 is 86.1 Å². The Morgan fingerprint density at radius 2 is 2.00 bits per heavy atom. The second-order valence-electron chi connectivity index (χ2n) is 2.36. The van der Waals surface area contributed by atoms with Crippen molar-refractivity contribution in [2.75, 3.05) is 14.3 Å². The summed E-state index contributed by atoms with van der Waals surface area (Å²) in [4.78, 5) is 4.75. The molecule has 10 heavy (non-hydrogen) atoms. The molecule has 0 N–H and O–H groups in total. The molecule has 0 amide bonds. The summed E-state index contributed by atoms with van der Waals surface area (Å²) in [6.07, 6.45) is 6.44. The van der Waals surface area contributed by atoms with Crippen LogP contribution >= 0.6 is 42.4 Å². The van der Waals surface area contributed by atoms with Gasteiger partial charge in [-0.25, -0.2) is 0 Å². The van der Waals surface area contributed by atoms with Crippen molar-refractivity contribution in [1.29, 1.82) is 0 Å². The van der Waals surface area contributed by atoms with Crippen LogP contribution < -0.4 is 0 Å². The quantitative estimate of drug-likeness (QED) is 0.394. The van der Waals surface area contributed by atoms with Crippen LogP contribution in [-0.4, -0.2) is 14.3 Å². The van der Waals surface area contributed by atoms with E-state index >= 15 is 0 Å². The minimum atomic E-state index is -0.549. The number of unbranched alkanes of at least 4 members (excludes halogenated alkanes) is 2. The number of hydrogen-bond acceptors (Lipinski definition) is 0. The molecular formula is C8H16I2. The van der Waals surface area contributed by atoms with E-state index in [2.05, 4.69) is 42.6 Å². The second kappa shape index (κ2) is 8.30. The average molecular weight is 366 g/mol. The van der Waals surface area contributed by atoms with E-state index in [1.165, 1.54) is 23.7 Å². The Kier molecular flexibility index (Phi) is 9.29. The molecule has 0 heterocycles. The maximum absolute atomic E-state index is 2.44. The Morgan fingerprint density at radius 3 is 2.50 bits per heavy atom. The molecule has 0 aliphatic rings. The minimum absolute atomic E-state index is 0.549. The van der Waals surface area contributed by atoms with Gasteiger partial charge in [-0.15, -0.1) is 0 Å². The molecule has 0 bridgehead atoms. The summed E-state index contributed by atoms with van der Waals surface area (Å²) in [5, 5.41) is 0. The molecule has 0 aromatic carbocycles. The summed E-state index contributed by atoms with van der Waals surface area (Å²) in [6, 6.07) is 0. The molecule has 0 fully saturated rings. The Labute approximate surface area is 85.4 Å². The molecule has 0 spiro atoms. The van der Waals surface area contributed by atoms with Crippen LogP contribution in [0.2, 0.25) is 0 Å². The van der Waals surface area contributed by atoms with Crippen molar-refractivity contribution in [2.45, 2.75) is 19.3 Å². The topological polar surface area (TPSA) is 0 Å². The van der Waals surface area contributed by atoms with Gasteiger partial charge in [-0.05, 0) is 0 Å². The summed E-state index contributed by atoms with van der Waals surface area (Å²) in [6.45, 7) is 0. The molecule has 2 heteroatoms. The van der Waals surface area contributed by atoms with Gasteiger partial charge in [0.25, 0.3) is 0 Å². The van der Waals surface area contributed by atoms with Crippen molar-refractivity contribution in [2.24, 2.45) is 0 Å². The first-order valence-corrected chi connectivity index (χ1v) is 10.6. The van der Waals surface area contributed by atoms with Crippen LogP contribution in [0.1, 0.15) is 19.3 Å². The summed E-state index contributed by atoms with van der Waals surface area (Å²) in [7, 11) is 0. The Morgan fingerprint density at radius 1 is 1.30 bits per heavy atom. The first kappa shape index (κ1) is 11.2. The van der Waals surface area contributed by atoms with Gasteiger partial charge in [0.15, 0.2) is 0 Å². The van der Waals surface area contributed by atoms with Crippen LogP contribution in [0.3, 0.4) is 0 Å². The third-order valence-corrected chi connectivity index (χ3v) is 3.81. The Balaban J connectivity index is 3.02. The van der Waals surface area contributed by atoms with Gasteiger partial charge in [0.05, 0.1) is 0 Å². The molecular weight excluding hydrogens is 350 g/mol. The summed E-state index contributed by atoms with van der Waals surface area (Å²) in [5.74, 6) is 0. The standard InChI is InChI=1S/C8H16I2/c1-10(2)8-6-4-3-5-7-9/h6,8H,3-5,7H2,1-2H3/b8-6+. The van der Waals surface area contributed by atoms with Crippen LogP contribution in [0.15, 0.2) is 10.2 Å². The van der Waals surface area contributed by atoms with Crippen LogP contribution in [-0.2, 0) is 0 Å². The van der Waals surface area contributed by atoms with Gasteiger partial charge in [-0.3, -0.25) is 0 Å². The van der Waals surface area contributed by atoms with E-state index in [-0.39, 0.29) is 0 Å². The predicted molar refractivity (Wildman–Crippen MR) is 67.7 cm³/mol. The van der Waals surface area contributed by atoms with Crippen molar-refractivity contribution < 1.29 is 0 Å². The number of rotatable bonds is 5. The fourth-order valence-corrected chi connectivity index (χ4v) is 2.51. The molecule has 0 aliphatic carbocycles. The van der Waals surface area contributed by atoms with Gasteiger partial charge < -0.3 is 0 Å². The van der Waals surface area contributed by atoms with Crippen molar-refractivity contribution >= 4 is 42.4 Å². The molecule has 0 aromatic heterocycles. The zero-order valence-corrected chi connectivity index (χ0v) is 11.1. The monoisotopic (exact) mass is 366 g/mol. The fourth-order valence-electron chi connectivity index (χ4n) is 0.598. The van der Waals surface area contributed by atoms with Gasteiger partial charge in [-0.1, -0.05) is 0 Å².